The van der Waals surface area contributed by atoms with Gasteiger partial charge < -0.3 is 10.1 Å². The number of likely N-dealkylation sites (tertiary alicyclic amines) is 1. The fourth-order valence-corrected chi connectivity index (χ4v) is 2.42. The molecule has 0 radical (unpaired) electrons. The van der Waals surface area contributed by atoms with Crippen molar-refractivity contribution in [2.24, 2.45) is 0 Å². The summed E-state index contributed by atoms with van der Waals surface area (Å²) in [4.78, 5) is 2.51. The highest BCUT2D eigenvalue weighted by Crippen LogP contribution is 2.19. The third-order valence-corrected chi connectivity index (χ3v) is 3.60. The topological polar surface area (TPSA) is 24.5 Å². The molecule has 0 amide bonds. The lowest BCUT2D eigenvalue weighted by Gasteiger charge is -2.32. The first-order chi connectivity index (χ1) is 8.28. The maximum atomic E-state index is 5.66. The molecule has 98 valence electrons. The summed E-state index contributed by atoms with van der Waals surface area (Å²) in [5, 5.41) is 3.52. The van der Waals surface area contributed by atoms with Gasteiger partial charge in [-0.05, 0) is 38.2 Å². The van der Waals surface area contributed by atoms with E-state index in [2.05, 4.69) is 23.7 Å². The predicted molar refractivity (Wildman–Crippen MR) is 71.3 cm³/mol. The zero-order valence-corrected chi connectivity index (χ0v) is 11.1. The zero-order chi connectivity index (χ0) is 12.1. The van der Waals surface area contributed by atoms with Gasteiger partial charge in [-0.2, -0.15) is 0 Å². The first kappa shape index (κ1) is 13.1. The van der Waals surface area contributed by atoms with E-state index in [1.165, 1.54) is 31.3 Å². The second-order valence-electron chi connectivity index (χ2n) is 5.34. The van der Waals surface area contributed by atoms with Crippen molar-refractivity contribution in [1.29, 1.82) is 0 Å². The Hall–Kier alpha value is -0.380. The Morgan fingerprint density at radius 2 is 2.00 bits per heavy atom. The quantitative estimate of drug-likeness (QED) is 0.684. The number of ether oxygens (including phenoxy) is 1. The van der Waals surface area contributed by atoms with Crippen molar-refractivity contribution in [2.75, 3.05) is 32.8 Å². The Kier molecular flexibility index (Phi) is 5.01. The molecular weight excluding hydrogens is 212 g/mol. The van der Waals surface area contributed by atoms with Gasteiger partial charge in [-0.15, -0.1) is 0 Å². The molecular formula is C14H26N2O. The molecule has 2 rings (SSSR count). The van der Waals surface area contributed by atoms with Crippen LogP contribution in [0.25, 0.3) is 0 Å². The van der Waals surface area contributed by atoms with Crippen molar-refractivity contribution in [1.82, 2.24) is 10.2 Å². The van der Waals surface area contributed by atoms with Crippen LogP contribution in [0.2, 0.25) is 0 Å². The highest BCUT2D eigenvalue weighted by molar-refractivity contribution is 5.02. The van der Waals surface area contributed by atoms with Crippen LogP contribution in [0.3, 0.4) is 0 Å². The first-order valence-electron chi connectivity index (χ1n) is 7.02. The van der Waals surface area contributed by atoms with E-state index >= 15 is 0 Å². The standard InChI is InChI=1S/C14H26N2O/c1-3-17-14-6-8-16(9-7-14)11-12(2)10-15-13-4-5-13/h13-15H,2-11H2,1H3. The third-order valence-electron chi connectivity index (χ3n) is 3.60. The fourth-order valence-electron chi connectivity index (χ4n) is 2.42. The van der Waals surface area contributed by atoms with E-state index < -0.39 is 0 Å². The molecule has 3 nitrogen and oxygen atoms in total. The van der Waals surface area contributed by atoms with Crippen molar-refractivity contribution in [3.63, 3.8) is 0 Å². The fraction of sp³-hybridized carbons (Fsp3) is 0.857. The average Bonchev–Trinajstić information content (AvgIpc) is 3.13. The number of hydrogen-bond donors (Lipinski definition) is 1. The second-order valence-corrected chi connectivity index (χ2v) is 5.34. The van der Waals surface area contributed by atoms with E-state index in [4.69, 9.17) is 4.74 Å². The van der Waals surface area contributed by atoms with Gasteiger partial charge in [-0.1, -0.05) is 6.58 Å². The molecule has 0 aromatic heterocycles. The van der Waals surface area contributed by atoms with E-state index in [9.17, 15) is 0 Å². The maximum Gasteiger partial charge on any atom is 0.0599 e. The van der Waals surface area contributed by atoms with Gasteiger partial charge in [0.2, 0.25) is 0 Å². The minimum Gasteiger partial charge on any atom is -0.378 e. The average molecular weight is 238 g/mol. The lowest BCUT2D eigenvalue weighted by Crippen LogP contribution is -2.39. The van der Waals surface area contributed by atoms with E-state index in [1.54, 1.807) is 0 Å². The molecule has 0 atom stereocenters. The molecule has 1 heterocycles. The summed E-state index contributed by atoms with van der Waals surface area (Å²) < 4.78 is 5.66. The third kappa shape index (κ3) is 4.78. The SMILES string of the molecule is C=C(CNC1CC1)CN1CCC(OCC)CC1. The van der Waals surface area contributed by atoms with Crippen LogP contribution in [0.15, 0.2) is 12.2 Å². The van der Waals surface area contributed by atoms with E-state index in [-0.39, 0.29) is 0 Å². The van der Waals surface area contributed by atoms with Gasteiger partial charge in [0.1, 0.15) is 0 Å². The van der Waals surface area contributed by atoms with E-state index in [0.717, 1.165) is 38.8 Å². The van der Waals surface area contributed by atoms with Gasteiger partial charge in [0.05, 0.1) is 6.10 Å². The van der Waals surface area contributed by atoms with E-state index in [0.29, 0.717) is 6.10 Å². The second kappa shape index (κ2) is 6.53. The van der Waals surface area contributed by atoms with Gasteiger partial charge in [0, 0.05) is 38.8 Å². The lowest BCUT2D eigenvalue weighted by molar-refractivity contribution is 0.0161. The van der Waals surface area contributed by atoms with Crippen LogP contribution in [-0.2, 0) is 4.74 Å². The summed E-state index contributed by atoms with van der Waals surface area (Å²) in [6.07, 6.45) is 5.56. The van der Waals surface area contributed by atoms with Crippen molar-refractivity contribution in [3.05, 3.63) is 12.2 Å². The summed E-state index contributed by atoms with van der Waals surface area (Å²) in [6.45, 7) is 11.5. The van der Waals surface area contributed by atoms with Crippen LogP contribution >= 0.6 is 0 Å². The van der Waals surface area contributed by atoms with Crippen molar-refractivity contribution in [3.8, 4) is 0 Å². The molecule has 1 aliphatic heterocycles. The highest BCUT2D eigenvalue weighted by atomic mass is 16.5. The highest BCUT2D eigenvalue weighted by Gasteiger charge is 2.22. The number of rotatable bonds is 7. The van der Waals surface area contributed by atoms with Crippen LogP contribution < -0.4 is 5.32 Å². The van der Waals surface area contributed by atoms with Crippen LogP contribution in [0.1, 0.15) is 32.6 Å². The summed E-state index contributed by atoms with van der Waals surface area (Å²) in [5.74, 6) is 0. The molecule has 1 saturated heterocycles. The molecule has 0 aromatic rings. The predicted octanol–water partition coefficient (Wildman–Crippen LogP) is 1.80. The summed E-state index contributed by atoms with van der Waals surface area (Å²) in [7, 11) is 0. The Morgan fingerprint density at radius 3 is 2.59 bits per heavy atom. The lowest BCUT2D eigenvalue weighted by atomic mass is 10.1. The monoisotopic (exact) mass is 238 g/mol. The van der Waals surface area contributed by atoms with Gasteiger partial charge in [-0.25, -0.2) is 0 Å². The zero-order valence-electron chi connectivity index (χ0n) is 11.1. The molecule has 17 heavy (non-hydrogen) atoms. The Morgan fingerprint density at radius 1 is 1.29 bits per heavy atom. The molecule has 0 spiro atoms. The van der Waals surface area contributed by atoms with Crippen LogP contribution in [0.4, 0.5) is 0 Å². The Balaban J connectivity index is 1.58. The van der Waals surface area contributed by atoms with Crippen molar-refractivity contribution >= 4 is 0 Å². The summed E-state index contributed by atoms with van der Waals surface area (Å²) >= 11 is 0. The molecule has 2 aliphatic rings. The molecule has 3 heteroatoms. The Labute approximate surface area is 105 Å². The minimum absolute atomic E-state index is 0.495. The summed E-state index contributed by atoms with van der Waals surface area (Å²) in [6, 6.07) is 0.787. The van der Waals surface area contributed by atoms with Gasteiger partial charge in [-0.3, -0.25) is 4.90 Å². The smallest absolute Gasteiger partial charge is 0.0599 e. The molecule has 0 unspecified atom stereocenters. The normalized spacial score (nSPS) is 22.9. The van der Waals surface area contributed by atoms with Gasteiger partial charge >= 0.3 is 0 Å². The van der Waals surface area contributed by atoms with Crippen LogP contribution in [0, 0.1) is 0 Å². The molecule has 0 aromatic carbocycles. The minimum atomic E-state index is 0.495. The number of piperidine rings is 1. The van der Waals surface area contributed by atoms with Crippen molar-refractivity contribution < 1.29 is 4.74 Å². The van der Waals surface area contributed by atoms with Crippen molar-refractivity contribution in [2.45, 2.75) is 44.8 Å². The van der Waals surface area contributed by atoms with E-state index in [1.807, 2.05) is 0 Å². The largest absolute Gasteiger partial charge is 0.378 e. The first-order valence-corrected chi connectivity index (χ1v) is 7.02. The van der Waals surface area contributed by atoms with Gasteiger partial charge in [0.25, 0.3) is 0 Å². The van der Waals surface area contributed by atoms with Gasteiger partial charge in [0.15, 0.2) is 0 Å². The molecule has 0 bridgehead atoms. The maximum absolute atomic E-state index is 5.66. The van der Waals surface area contributed by atoms with Crippen LogP contribution in [0.5, 0.6) is 0 Å². The van der Waals surface area contributed by atoms with Crippen LogP contribution in [-0.4, -0.2) is 49.8 Å². The number of nitrogens with one attached hydrogen (secondary N) is 1. The summed E-state index contributed by atoms with van der Waals surface area (Å²) in [5.41, 5.74) is 1.33. The number of nitrogens with zero attached hydrogens (tertiary/aromatic N) is 1. The molecule has 1 N–H and O–H groups in total. The Bertz CT molecular complexity index is 243. The molecule has 1 aliphatic carbocycles. The molecule has 2 fully saturated rings. The number of hydrogen-bond acceptors (Lipinski definition) is 3. The molecule has 1 saturated carbocycles.